The van der Waals surface area contributed by atoms with Crippen molar-refractivity contribution in [3.05, 3.63) is 34.1 Å². The van der Waals surface area contributed by atoms with Gasteiger partial charge < -0.3 is 14.4 Å². The number of carbonyl (C=O) groups is 1. The minimum absolute atomic E-state index is 0.0858. The summed E-state index contributed by atoms with van der Waals surface area (Å²) in [5.74, 6) is -1.03. The van der Waals surface area contributed by atoms with Gasteiger partial charge in [0, 0.05) is 29.7 Å². The van der Waals surface area contributed by atoms with Crippen molar-refractivity contribution in [3.8, 4) is 17.2 Å². The van der Waals surface area contributed by atoms with E-state index in [1.807, 2.05) is 6.92 Å². The Morgan fingerprint density at radius 2 is 1.87 bits per heavy atom. The Balaban J connectivity index is 1.71. The van der Waals surface area contributed by atoms with Crippen LogP contribution in [-0.2, 0) is 0 Å². The number of halogens is 4. The monoisotopic (exact) mass is 445 g/mol. The van der Waals surface area contributed by atoms with E-state index in [-0.39, 0.29) is 12.1 Å². The molecule has 1 saturated heterocycles. The van der Waals surface area contributed by atoms with Crippen LogP contribution in [-0.4, -0.2) is 40.3 Å². The first-order valence-electron chi connectivity index (χ1n) is 9.40. The Bertz CT molecular complexity index is 1050. The zero-order valence-corrected chi connectivity index (χ0v) is 17.0. The van der Waals surface area contributed by atoms with Gasteiger partial charge in [0.1, 0.15) is 0 Å². The van der Waals surface area contributed by atoms with Crippen molar-refractivity contribution in [2.24, 2.45) is 4.99 Å². The summed E-state index contributed by atoms with van der Waals surface area (Å²) in [5, 5.41) is 0. The Hall–Kier alpha value is -2.56. The van der Waals surface area contributed by atoms with Crippen LogP contribution in [0, 0.1) is 6.92 Å². The molecule has 1 unspecified atom stereocenters. The van der Waals surface area contributed by atoms with Crippen molar-refractivity contribution in [3.63, 3.8) is 0 Å². The molecule has 1 aromatic carbocycles. The van der Waals surface area contributed by atoms with Gasteiger partial charge in [0.15, 0.2) is 16.3 Å². The summed E-state index contributed by atoms with van der Waals surface area (Å²) in [6, 6.07) is 3.38. The third-order valence-electron chi connectivity index (χ3n) is 5.03. The molecule has 2 aliphatic rings. The van der Waals surface area contributed by atoms with E-state index in [2.05, 4.69) is 14.5 Å². The quantitative estimate of drug-likeness (QED) is 0.598. The number of benzene rings is 1. The minimum Gasteiger partial charge on any atom is -0.421 e. The smallest absolute Gasteiger partial charge is 0.421 e. The summed E-state index contributed by atoms with van der Waals surface area (Å²) in [5.41, 5.74) is 0.320. The molecule has 6 nitrogen and oxygen atoms in total. The number of urea groups is 1. The molecule has 30 heavy (non-hydrogen) atoms. The number of hydrogen-bond donors (Lipinski definition) is 0. The molecule has 11 heteroatoms. The standard InChI is InChI=1S/C19H19F4N3O3S/c1-11-5-3-4-8-25(11)16(27)24-17-26(10-12(2)30-17)13-6-7-14-15(9-13)29-19(22,23)18(20,21)28-14/h6-7,9-11H,3-5,8H2,1-2H3. The van der Waals surface area contributed by atoms with E-state index in [4.69, 9.17) is 0 Å². The molecule has 0 radical (unpaired) electrons. The second-order valence-corrected chi connectivity index (χ2v) is 8.51. The first-order chi connectivity index (χ1) is 14.1. The van der Waals surface area contributed by atoms with E-state index >= 15 is 0 Å². The van der Waals surface area contributed by atoms with Gasteiger partial charge in [0.25, 0.3) is 0 Å². The summed E-state index contributed by atoms with van der Waals surface area (Å²) in [4.78, 5) is 19.8. The molecule has 2 amide bonds. The average molecular weight is 445 g/mol. The fourth-order valence-electron chi connectivity index (χ4n) is 3.45. The summed E-state index contributed by atoms with van der Waals surface area (Å²) in [6.07, 6.45) is -5.02. The molecular weight excluding hydrogens is 426 g/mol. The van der Waals surface area contributed by atoms with Crippen LogP contribution in [0.3, 0.4) is 0 Å². The lowest BCUT2D eigenvalue weighted by atomic mass is 10.0. The van der Waals surface area contributed by atoms with Crippen molar-refractivity contribution in [1.82, 2.24) is 9.47 Å². The molecule has 162 valence electrons. The van der Waals surface area contributed by atoms with Gasteiger partial charge in [0.2, 0.25) is 0 Å². The van der Waals surface area contributed by atoms with Gasteiger partial charge in [-0.05, 0) is 45.2 Å². The summed E-state index contributed by atoms with van der Waals surface area (Å²) in [7, 11) is 0. The van der Waals surface area contributed by atoms with Gasteiger partial charge in [-0.2, -0.15) is 22.6 Å². The van der Waals surface area contributed by atoms with Crippen LogP contribution in [0.25, 0.3) is 5.69 Å². The van der Waals surface area contributed by atoms with E-state index in [0.29, 0.717) is 17.0 Å². The number of carbonyl (C=O) groups excluding carboxylic acids is 1. The largest absolute Gasteiger partial charge is 0.507 e. The van der Waals surface area contributed by atoms with Gasteiger partial charge in [-0.15, -0.1) is 11.3 Å². The molecule has 0 spiro atoms. The number of hydrogen-bond acceptors (Lipinski definition) is 4. The van der Waals surface area contributed by atoms with Crippen LogP contribution in [0.15, 0.2) is 29.4 Å². The number of aromatic nitrogens is 1. The highest BCUT2D eigenvalue weighted by molar-refractivity contribution is 7.09. The number of piperidine rings is 1. The summed E-state index contributed by atoms with van der Waals surface area (Å²) in [6.45, 7) is 4.40. The Morgan fingerprint density at radius 3 is 2.57 bits per heavy atom. The average Bonchev–Trinajstić information content (AvgIpc) is 3.02. The van der Waals surface area contributed by atoms with Gasteiger partial charge in [-0.1, -0.05) is 0 Å². The highest BCUT2D eigenvalue weighted by Gasteiger charge is 2.65. The van der Waals surface area contributed by atoms with E-state index < -0.39 is 23.7 Å². The molecule has 1 atom stereocenters. The molecule has 2 aromatic rings. The number of nitrogens with zero attached hydrogens (tertiary/aromatic N) is 3. The number of fused-ring (bicyclic) bond motifs is 1. The van der Waals surface area contributed by atoms with E-state index in [0.717, 1.165) is 36.3 Å². The third-order valence-corrected chi connectivity index (χ3v) is 5.93. The third kappa shape index (κ3) is 3.66. The number of alkyl halides is 4. The maximum absolute atomic E-state index is 13.5. The number of likely N-dealkylation sites (tertiary alicyclic amines) is 1. The zero-order chi connectivity index (χ0) is 21.7. The predicted octanol–water partition coefficient (Wildman–Crippen LogP) is 4.70. The Kier molecular flexibility index (Phi) is 5.03. The van der Waals surface area contributed by atoms with Gasteiger partial charge in [-0.3, -0.25) is 4.57 Å². The van der Waals surface area contributed by atoms with Crippen LogP contribution >= 0.6 is 11.3 Å². The lowest BCUT2D eigenvalue weighted by Gasteiger charge is -2.32. The molecular formula is C19H19F4N3O3S. The van der Waals surface area contributed by atoms with Crippen LogP contribution in [0.4, 0.5) is 22.4 Å². The topological polar surface area (TPSA) is 56.1 Å². The van der Waals surface area contributed by atoms with E-state index in [1.165, 1.54) is 22.0 Å². The number of amides is 2. The van der Waals surface area contributed by atoms with Crippen LogP contribution < -0.4 is 14.3 Å². The predicted molar refractivity (Wildman–Crippen MR) is 101 cm³/mol. The minimum atomic E-state index is -4.80. The maximum atomic E-state index is 13.5. The highest BCUT2D eigenvalue weighted by Crippen LogP contribution is 2.47. The van der Waals surface area contributed by atoms with Crippen molar-refractivity contribution in [2.75, 3.05) is 6.54 Å². The van der Waals surface area contributed by atoms with Gasteiger partial charge >= 0.3 is 18.2 Å². The fraction of sp³-hybridized carbons (Fsp3) is 0.474. The lowest BCUT2D eigenvalue weighted by molar-refractivity contribution is -0.391. The molecule has 0 saturated carbocycles. The number of rotatable bonds is 1. The van der Waals surface area contributed by atoms with Crippen LogP contribution in [0.5, 0.6) is 11.5 Å². The Morgan fingerprint density at radius 1 is 1.17 bits per heavy atom. The number of aryl methyl sites for hydroxylation is 1. The molecule has 3 heterocycles. The molecule has 1 aromatic heterocycles. The lowest BCUT2D eigenvalue weighted by Crippen LogP contribution is -2.52. The van der Waals surface area contributed by atoms with Crippen LogP contribution in [0.1, 0.15) is 31.1 Å². The molecule has 4 rings (SSSR count). The van der Waals surface area contributed by atoms with Crippen LogP contribution in [0.2, 0.25) is 0 Å². The Labute approximate surface area is 173 Å². The first kappa shape index (κ1) is 20.7. The molecule has 2 aliphatic heterocycles. The second-order valence-electron chi connectivity index (χ2n) is 7.30. The molecule has 1 fully saturated rings. The van der Waals surface area contributed by atoms with Gasteiger partial charge in [0.05, 0.1) is 5.69 Å². The second kappa shape index (κ2) is 7.29. The first-order valence-corrected chi connectivity index (χ1v) is 10.2. The van der Waals surface area contributed by atoms with E-state index in [9.17, 15) is 22.4 Å². The maximum Gasteiger partial charge on any atom is 0.507 e. The van der Waals surface area contributed by atoms with Crippen molar-refractivity contribution in [2.45, 2.75) is 51.4 Å². The molecule has 0 aliphatic carbocycles. The number of ether oxygens (including phenoxy) is 2. The van der Waals surface area contributed by atoms with Crippen molar-refractivity contribution < 1.29 is 31.8 Å². The van der Waals surface area contributed by atoms with Crippen molar-refractivity contribution in [1.29, 1.82) is 0 Å². The number of thiazole rings is 1. The van der Waals surface area contributed by atoms with E-state index in [1.54, 1.807) is 18.0 Å². The SMILES string of the molecule is Cc1cn(-c2ccc3c(c2)OC(F)(F)C(F)(F)O3)c(=NC(=O)N2CCCCC2C)s1. The van der Waals surface area contributed by atoms with Crippen molar-refractivity contribution >= 4 is 17.4 Å². The fourth-order valence-corrected chi connectivity index (χ4v) is 4.28. The normalized spacial score (nSPS) is 22.8. The zero-order valence-electron chi connectivity index (χ0n) is 16.2. The molecule has 0 N–H and O–H groups in total. The molecule has 0 bridgehead atoms. The summed E-state index contributed by atoms with van der Waals surface area (Å²) < 4.78 is 63.6. The van der Waals surface area contributed by atoms with Gasteiger partial charge in [-0.25, -0.2) is 4.79 Å². The summed E-state index contributed by atoms with van der Waals surface area (Å²) >= 11 is 1.25. The highest BCUT2D eigenvalue weighted by atomic mass is 32.1.